The molecule has 0 aliphatic rings. The van der Waals surface area contributed by atoms with Gasteiger partial charge in [0.05, 0.1) is 5.56 Å². The molecule has 1 aromatic carbocycles. The fraction of sp³-hybridized carbons (Fsp3) is 0.154. The summed E-state index contributed by atoms with van der Waals surface area (Å²) < 4.78 is 42.4. The molecule has 6 heteroatoms. The fourth-order valence-electron chi connectivity index (χ4n) is 1.42. The molecule has 0 spiro atoms. The maximum atomic E-state index is 12.4. The first-order valence-corrected chi connectivity index (χ1v) is 5.49. The van der Waals surface area contributed by atoms with Gasteiger partial charge in [0.15, 0.2) is 0 Å². The SMILES string of the molecule is NCc1ccc(Oc2ccc(C(F)(F)F)cc2)nc1. The zero-order chi connectivity index (χ0) is 13.9. The number of benzene rings is 1. The Balaban J connectivity index is 2.10. The van der Waals surface area contributed by atoms with Gasteiger partial charge in [-0.15, -0.1) is 0 Å². The molecule has 1 heterocycles. The van der Waals surface area contributed by atoms with Crippen LogP contribution < -0.4 is 10.5 Å². The number of aromatic nitrogens is 1. The highest BCUT2D eigenvalue weighted by Gasteiger charge is 2.30. The molecular formula is C13H11F3N2O. The first-order valence-electron chi connectivity index (χ1n) is 5.49. The average molecular weight is 268 g/mol. The van der Waals surface area contributed by atoms with E-state index in [1.54, 1.807) is 18.3 Å². The van der Waals surface area contributed by atoms with Crippen LogP contribution in [0.1, 0.15) is 11.1 Å². The number of pyridine rings is 1. The molecule has 0 radical (unpaired) electrons. The van der Waals surface area contributed by atoms with E-state index in [0.717, 1.165) is 17.7 Å². The summed E-state index contributed by atoms with van der Waals surface area (Å²) in [5, 5.41) is 0. The van der Waals surface area contributed by atoms with E-state index < -0.39 is 11.7 Å². The number of hydrogen-bond donors (Lipinski definition) is 1. The van der Waals surface area contributed by atoms with Crippen LogP contribution in [0.5, 0.6) is 11.6 Å². The number of ether oxygens (including phenoxy) is 1. The van der Waals surface area contributed by atoms with Crippen LogP contribution in [0.15, 0.2) is 42.6 Å². The quantitative estimate of drug-likeness (QED) is 0.928. The molecular weight excluding hydrogens is 257 g/mol. The molecule has 2 rings (SSSR count). The monoisotopic (exact) mass is 268 g/mol. The minimum absolute atomic E-state index is 0.293. The van der Waals surface area contributed by atoms with E-state index in [4.69, 9.17) is 10.5 Å². The van der Waals surface area contributed by atoms with Crippen LogP contribution in [-0.4, -0.2) is 4.98 Å². The first kappa shape index (κ1) is 13.4. The zero-order valence-electron chi connectivity index (χ0n) is 9.82. The van der Waals surface area contributed by atoms with Gasteiger partial charge in [0.25, 0.3) is 0 Å². The Morgan fingerprint density at radius 2 is 1.74 bits per heavy atom. The molecule has 0 bridgehead atoms. The standard InChI is InChI=1S/C13H11F3N2O/c14-13(15,16)10-2-4-11(5-3-10)19-12-6-1-9(7-17)8-18-12/h1-6,8H,7,17H2. The lowest BCUT2D eigenvalue weighted by atomic mass is 10.2. The molecule has 0 unspecified atom stereocenters. The molecule has 0 saturated heterocycles. The van der Waals surface area contributed by atoms with Crippen molar-refractivity contribution in [2.24, 2.45) is 5.73 Å². The zero-order valence-corrected chi connectivity index (χ0v) is 9.82. The third-order valence-electron chi connectivity index (χ3n) is 2.44. The molecule has 100 valence electrons. The number of rotatable bonds is 3. The van der Waals surface area contributed by atoms with Crippen molar-refractivity contribution >= 4 is 0 Å². The van der Waals surface area contributed by atoms with Crippen LogP contribution in [0.3, 0.4) is 0 Å². The summed E-state index contributed by atoms with van der Waals surface area (Å²) in [6.07, 6.45) is -2.79. The molecule has 1 aromatic heterocycles. The van der Waals surface area contributed by atoms with Crippen LogP contribution in [0.2, 0.25) is 0 Å². The minimum atomic E-state index is -4.35. The van der Waals surface area contributed by atoms with Crippen molar-refractivity contribution in [3.63, 3.8) is 0 Å². The van der Waals surface area contributed by atoms with E-state index in [0.29, 0.717) is 18.2 Å². The van der Waals surface area contributed by atoms with Crippen molar-refractivity contribution < 1.29 is 17.9 Å². The summed E-state index contributed by atoms with van der Waals surface area (Å²) >= 11 is 0. The van der Waals surface area contributed by atoms with Crippen molar-refractivity contribution in [1.82, 2.24) is 4.98 Å². The largest absolute Gasteiger partial charge is 0.439 e. The molecule has 0 fully saturated rings. The van der Waals surface area contributed by atoms with Gasteiger partial charge in [-0.25, -0.2) is 4.98 Å². The Labute approximate surface area is 107 Å². The summed E-state index contributed by atoms with van der Waals surface area (Å²) in [4.78, 5) is 3.99. The maximum Gasteiger partial charge on any atom is 0.416 e. The Morgan fingerprint density at radius 3 is 2.21 bits per heavy atom. The number of nitrogens with two attached hydrogens (primary N) is 1. The van der Waals surface area contributed by atoms with Crippen LogP contribution in [0.4, 0.5) is 13.2 Å². The molecule has 0 aliphatic carbocycles. The van der Waals surface area contributed by atoms with Crippen molar-refractivity contribution in [3.8, 4) is 11.6 Å². The third kappa shape index (κ3) is 3.45. The lowest BCUT2D eigenvalue weighted by Gasteiger charge is -2.08. The molecule has 0 amide bonds. The van der Waals surface area contributed by atoms with Crippen LogP contribution >= 0.6 is 0 Å². The van der Waals surface area contributed by atoms with Gasteiger partial charge in [-0.1, -0.05) is 6.07 Å². The number of nitrogens with zero attached hydrogens (tertiary/aromatic N) is 1. The van der Waals surface area contributed by atoms with E-state index in [-0.39, 0.29) is 0 Å². The van der Waals surface area contributed by atoms with E-state index in [1.165, 1.54) is 12.1 Å². The maximum absolute atomic E-state index is 12.4. The number of halogens is 3. The first-order chi connectivity index (χ1) is 8.99. The number of alkyl halides is 3. The average Bonchev–Trinajstić information content (AvgIpc) is 2.39. The molecule has 0 atom stereocenters. The van der Waals surface area contributed by atoms with E-state index >= 15 is 0 Å². The predicted molar refractivity (Wildman–Crippen MR) is 63.6 cm³/mol. The lowest BCUT2D eigenvalue weighted by molar-refractivity contribution is -0.137. The Hall–Kier alpha value is -2.08. The lowest BCUT2D eigenvalue weighted by Crippen LogP contribution is -2.04. The summed E-state index contributed by atoms with van der Waals surface area (Å²) in [7, 11) is 0. The molecule has 19 heavy (non-hydrogen) atoms. The van der Waals surface area contributed by atoms with E-state index in [2.05, 4.69) is 4.98 Å². The summed E-state index contributed by atoms with van der Waals surface area (Å²) in [5.74, 6) is 0.595. The molecule has 2 aromatic rings. The second-order valence-electron chi connectivity index (χ2n) is 3.83. The van der Waals surface area contributed by atoms with Gasteiger partial charge >= 0.3 is 6.18 Å². The third-order valence-corrected chi connectivity index (χ3v) is 2.44. The predicted octanol–water partition coefficient (Wildman–Crippen LogP) is 3.35. The molecule has 0 aliphatic heterocycles. The topological polar surface area (TPSA) is 48.1 Å². The van der Waals surface area contributed by atoms with Crippen LogP contribution in [-0.2, 0) is 12.7 Å². The summed E-state index contributed by atoms with van der Waals surface area (Å²) in [6.45, 7) is 0.369. The summed E-state index contributed by atoms with van der Waals surface area (Å²) in [6, 6.07) is 7.78. The smallest absolute Gasteiger partial charge is 0.416 e. The van der Waals surface area contributed by atoms with Crippen molar-refractivity contribution in [2.45, 2.75) is 12.7 Å². The fourth-order valence-corrected chi connectivity index (χ4v) is 1.42. The molecule has 3 nitrogen and oxygen atoms in total. The van der Waals surface area contributed by atoms with Crippen LogP contribution in [0, 0.1) is 0 Å². The van der Waals surface area contributed by atoms with Crippen molar-refractivity contribution in [2.75, 3.05) is 0 Å². The number of hydrogen-bond acceptors (Lipinski definition) is 3. The second kappa shape index (κ2) is 5.27. The van der Waals surface area contributed by atoms with Gasteiger partial charge < -0.3 is 10.5 Å². The van der Waals surface area contributed by atoms with Crippen molar-refractivity contribution in [1.29, 1.82) is 0 Å². The highest BCUT2D eigenvalue weighted by atomic mass is 19.4. The molecule has 2 N–H and O–H groups in total. The highest BCUT2D eigenvalue weighted by Crippen LogP contribution is 2.31. The minimum Gasteiger partial charge on any atom is -0.439 e. The van der Waals surface area contributed by atoms with Gasteiger partial charge in [0.2, 0.25) is 5.88 Å². The second-order valence-corrected chi connectivity index (χ2v) is 3.83. The highest BCUT2D eigenvalue weighted by molar-refractivity contribution is 5.32. The van der Waals surface area contributed by atoms with Gasteiger partial charge in [-0.05, 0) is 29.8 Å². The van der Waals surface area contributed by atoms with Gasteiger partial charge in [0, 0.05) is 18.8 Å². The Bertz CT molecular complexity index is 535. The van der Waals surface area contributed by atoms with Gasteiger partial charge in [0.1, 0.15) is 5.75 Å². The molecule has 0 saturated carbocycles. The Morgan fingerprint density at radius 1 is 1.05 bits per heavy atom. The van der Waals surface area contributed by atoms with Gasteiger partial charge in [-0.3, -0.25) is 0 Å². The van der Waals surface area contributed by atoms with Crippen molar-refractivity contribution in [3.05, 3.63) is 53.7 Å². The normalized spacial score (nSPS) is 11.4. The van der Waals surface area contributed by atoms with Crippen LogP contribution in [0.25, 0.3) is 0 Å². The summed E-state index contributed by atoms with van der Waals surface area (Å²) in [5.41, 5.74) is 5.55. The van der Waals surface area contributed by atoms with E-state index in [9.17, 15) is 13.2 Å². The Kier molecular flexibility index (Phi) is 3.71. The van der Waals surface area contributed by atoms with E-state index in [1.807, 2.05) is 0 Å². The van der Waals surface area contributed by atoms with Gasteiger partial charge in [-0.2, -0.15) is 13.2 Å².